The number of fused-ring (bicyclic) bond motifs is 7. The number of halogens is 1. The lowest BCUT2D eigenvalue weighted by Crippen LogP contribution is -2.45. The van der Waals surface area contributed by atoms with Crippen LogP contribution < -0.4 is 15.4 Å². The molecule has 0 saturated heterocycles. The van der Waals surface area contributed by atoms with Crippen LogP contribution in [-0.2, 0) is 0 Å². The second-order valence-corrected chi connectivity index (χ2v) is 13.3. The first kappa shape index (κ1) is 28.4. The fourth-order valence-electron chi connectivity index (χ4n) is 7.75. The van der Waals surface area contributed by atoms with Gasteiger partial charge in [0.25, 0.3) is 0 Å². The normalized spacial score (nSPS) is 21.0. The zero-order valence-electron chi connectivity index (χ0n) is 26.3. The highest BCUT2D eigenvalue weighted by Crippen LogP contribution is 2.49. The van der Waals surface area contributed by atoms with E-state index in [4.69, 9.17) is 25.7 Å². The number of benzene rings is 6. The zero-order chi connectivity index (χ0) is 32.5. The van der Waals surface area contributed by atoms with E-state index >= 15 is 0 Å². The quantitative estimate of drug-likeness (QED) is 0.198. The molecule has 7 aromatic rings. The van der Waals surface area contributed by atoms with Crippen molar-refractivity contribution in [1.82, 2.24) is 10.6 Å². The van der Waals surface area contributed by atoms with Crippen molar-refractivity contribution in [3.63, 3.8) is 0 Å². The van der Waals surface area contributed by atoms with E-state index in [9.17, 15) is 0 Å². The first-order valence-electron chi connectivity index (χ1n) is 16.6. The minimum atomic E-state index is -0.355. The van der Waals surface area contributed by atoms with Gasteiger partial charge in [-0.2, -0.15) is 0 Å². The third-order valence-electron chi connectivity index (χ3n) is 9.93. The lowest BCUT2D eigenvalue weighted by molar-refractivity contribution is 0.269. The first-order valence-corrected chi connectivity index (χ1v) is 17.0. The van der Waals surface area contributed by atoms with Crippen LogP contribution in [0.5, 0.6) is 5.75 Å². The molecule has 10 rings (SSSR count). The molecule has 0 amide bonds. The van der Waals surface area contributed by atoms with Gasteiger partial charge < -0.3 is 14.5 Å². The molecule has 0 radical (unpaired) electrons. The number of furan rings is 1. The molecule has 0 fully saturated rings. The molecule has 0 saturated carbocycles. The molecule has 3 heterocycles. The molecule has 2 N–H and O–H groups in total. The summed E-state index contributed by atoms with van der Waals surface area (Å²) in [6.45, 7) is 0. The van der Waals surface area contributed by atoms with E-state index < -0.39 is 0 Å². The fraction of sp³-hybridized carbons (Fsp3) is 0.0930. The molecule has 0 spiro atoms. The van der Waals surface area contributed by atoms with Crippen molar-refractivity contribution in [3.05, 3.63) is 173 Å². The van der Waals surface area contributed by atoms with E-state index in [0.717, 1.165) is 72.1 Å². The minimum Gasteiger partial charge on any atom is -0.485 e. The second kappa shape index (κ2) is 11.2. The van der Waals surface area contributed by atoms with Crippen LogP contribution in [0.15, 0.2) is 155 Å². The number of hydrogen-bond acceptors (Lipinski definition) is 5. The third-order valence-corrected chi connectivity index (χ3v) is 10.2. The topological polar surface area (TPSA) is 58.8 Å². The van der Waals surface area contributed by atoms with Crippen LogP contribution in [0, 0.1) is 0 Å². The van der Waals surface area contributed by atoms with E-state index in [-0.39, 0.29) is 24.4 Å². The molecule has 49 heavy (non-hydrogen) atoms. The number of rotatable bonds is 4. The number of ether oxygens (including phenoxy) is 1. The Morgan fingerprint density at radius 3 is 2.41 bits per heavy atom. The van der Waals surface area contributed by atoms with Gasteiger partial charge in [0.1, 0.15) is 41.2 Å². The van der Waals surface area contributed by atoms with Gasteiger partial charge in [0.2, 0.25) is 0 Å². The monoisotopic (exact) mass is 655 g/mol. The molecule has 1 aromatic heterocycles. The maximum Gasteiger partial charge on any atom is 0.135 e. The Morgan fingerprint density at radius 1 is 0.694 bits per heavy atom. The summed E-state index contributed by atoms with van der Waals surface area (Å²) < 4.78 is 12.7. The number of allylic oxidation sites excluding steroid dienone is 2. The highest BCUT2D eigenvalue weighted by atomic mass is 35.5. The summed E-state index contributed by atoms with van der Waals surface area (Å²) in [5.41, 5.74) is 8.27. The van der Waals surface area contributed by atoms with Crippen LogP contribution in [-0.4, -0.2) is 11.9 Å². The van der Waals surface area contributed by atoms with E-state index in [0.29, 0.717) is 5.02 Å². The van der Waals surface area contributed by atoms with Crippen LogP contribution >= 0.6 is 11.6 Å². The van der Waals surface area contributed by atoms with Crippen LogP contribution in [0.3, 0.4) is 0 Å². The number of nitrogens with zero attached hydrogens (tertiary/aromatic N) is 1. The number of aliphatic imine (C=N–C) groups is 1. The van der Waals surface area contributed by atoms with Gasteiger partial charge in [0.05, 0.1) is 0 Å². The van der Waals surface area contributed by atoms with Crippen molar-refractivity contribution in [2.24, 2.45) is 4.99 Å². The number of hydrogen-bond donors (Lipinski definition) is 2. The standard InChI is InChI=1S/C43H30ClN3O2/c44-28-23-34(40-31-16-7-9-19-36(31)49-38(40)24-28)33-22-27(21-26-13-4-5-14-29(26)33)42-45-41(25-11-2-1-3-12-25)46-43(47-42)32-17-10-20-37-39(32)30-15-6-8-18-35(30)48-37/h1-24,31,36,42-43,47H,(H,45,46). The molecule has 4 unspecified atom stereocenters. The van der Waals surface area contributed by atoms with Gasteiger partial charge >= 0.3 is 0 Å². The van der Waals surface area contributed by atoms with Crippen molar-refractivity contribution < 1.29 is 9.15 Å². The summed E-state index contributed by atoms with van der Waals surface area (Å²) in [4.78, 5) is 5.33. The highest BCUT2D eigenvalue weighted by Gasteiger charge is 2.36. The predicted molar refractivity (Wildman–Crippen MR) is 198 cm³/mol. The summed E-state index contributed by atoms with van der Waals surface area (Å²) >= 11 is 6.80. The van der Waals surface area contributed by atoms with Gasteiger partial charge in [-0.05, 0) is 69.9 Å². The third kappa shape index (κ3) is 4.69. The van der Waals surface area contributed by atoms with E-state index in [2.05, 4.69) is 114 Å². The molecule has 5 nitrogen and oxygen atoms in total. The molecule has 1 aliphatic carbocycles. The Bertz CT molecular complexity index is 2530. The lowest BCUT2D eigenvalue weighted by atomic mass is 9.84. The second-order valence-electron chi connectivity index (χ2n) is 12.8. The largest absolute Gasteiger partial charge is 0.485 e. The predicted octanol–water partition coefficient (Wildman–Crippen LogP) is 10.4. The molecular weight excluding hydrogens is 626 g/mol. The Kier molecular flexibility index (Phi) is 6.51. The van der Waals surface area contributed by atoms with Crippen LogP contribution in [0.25, 0.3) is 43.8 Å². The Labute approximate surface area is 288 Å². The molecule has 236 valence electrons. The fourth-order valence-corrected chi connectivity index (χ4v) is 7.96. The van der Waals surface area contributed by atoms with Crippen molar-refractivity contribution in [2.75, 3.05) is 0 Å². The molecule has 0 bridgehead atoms. The van der Waals surface area contributed by atoms with Crippen LogP contribution in [0.2, 0.25) is 5.02 Å². The smallest absolute Gasteiger partial charge is 0.135 e. The molecule has 6 heteroatoms. The van der Waals surface area contributed by atoms with Crippen LogP contribution in [0.1, 0.15) is 40.5 Å². The van der Waals surface area contributed by atoms with Crippen molar-refractivity contribution >= 4 is 50.1 Å². The number of amidine groups is 1. The molecule has 4 atom stereocenters. The van der Waals surface area contributed by atoms with Gasteiger partial charge in [0.15, 0.2) is 0 Å². The van der Waals surface area contributed by atoms with Gasteiger partial charge in [-0.1, -0.05) is 115 Å². The summed E-state index contributed by atoms with van der Waals surface area (Å²) in [5.74, 6) is 1.78. The molecule has 6 aromatic carbocycles. The minimum absolute atomic E-state index is 0.0433. The zero-order valence-corrected chi connectivity index (χ0v) is 27.1. The van der Waals surface area contributed by atoms with Crippen molar-refractivity contribution in [1.29, 1.82) is 0 Å². The molecular formula is C43H30ClN3O2. The average molecular weight is 656 g/mol. The summed E-state index contributed by atoms with van der Waals surface area (Å²) in [6.07, 6.45) is 7.87. The SMILES string of the molecule is Clc1cc2c(c(-c3cc(C4N=C(c5ccccc5)NC(c5cccc6oc7ccccc7c56)N4)cc4ccccc34)c1)C1C=CC=CC1O2. The maximum absolute atomic E-state index is 6.80. The summed E-state index contributed by atoms with van der Waals surface area (Å²) in [7, 11) is 0. The highest BCUT2D eigenvalue weighted by molar-refractivity contribution is 6.31. The van der Waals surface area contributed by atoms with Gasteiger partial charge in [-0.3, -0.25) is 5.32 Å². The lowest BCUT2D eigenvalue weighted by Gasteiger charge is -2.33. The number of para-hydroxylation sites is 1. The summed E-state index contributed by atoms with van der Waals surface area (Å²) in [6, 6.07) is 41.9. The van der Waals surface area contributed by atoms with Gasteiger partial charge in [0, 0.05) is 38.4 Å². The van der Waals surface area contributed by atoms with Crippen molar-refractivity contribution in [3.8, 4) is 16.9 Å². The van der Waals surface area contributed by atoms with E-state index in [1.165, 1.54) is 5.56 Å². The Morgan fingerprint density at radius 2 is 1.49 bits per heavy atom. The van der Waals surface area contributed by atoms with Crippen LogP contribution in [0.4, 0.5) is 0 Å². The average Bonchev–Trinajstić information content (AvgIpc) is 3.72. The Balaban J connectivity index is 1.16. The number of nitrogens with one attached hydrogen (secondary N) is 2. The van der Waals surface area contributed by atoms with Gasteiger partial charge in [-0.15, -0.1) is 0 Å². The summed E-state index contributed by atoms with van der Waals surface area (Å²) in [5, 5.41) is 12.7. The van der Waals surface area contributed by atoms with E-state index in [1.54, 1.807) is 0 Å². The van der Waals surface area contributed by atoms with Crippen molar-refractivity contribution in [2.45, 2.75) is 24.4 Å². The maximum atomic E-state index is 6.80. The van der Waals surface area contributed by atoms with E-state index in [1.807, 2.05) is 42.5 Å². The molecule has 2 aliphatic heterocycles. The first-order chi connectivity index (χ1) is 24.2. The molecule has 3 aliphatic rings. The Hall–Kier alpha value is -5.62. The van der Waals surface area contributed by atoms with Gasteiger partial charge in [-0.25, -0.2) is 4.99 Å².